The number of nitrogens with zero attached hydrogens (tertiary/aromatic N) is 1. The van der Waals surface area contributed by atoms with Crippen molar-refractivity contribution in [3.05, 3.63) is 28.2 Å². The number of rotatable bonds is 2. The monoisotopic (exact) mass is 360 g/mol. The number of benzene rings is 1. The molecule has 1 aliphatic rings. The van der Waals surface area contributed by atoms with Gasteiger partial charge >= 0.3 is 6.18 Å². The number of halogens is 4. The maximum absolute atomic E-state index is 12.7. The Kier molecular flexibility index (Phi) is 4.02. The summed E-state index contributed by atoms with van der Waals surface area (Å²) < 4.78 is 38.4. The Balaban J connectivity index is 2.23. The second kappa shape index (κ2) is 5.34. The molecule has 112 valence electrons. The van der Waals surface area contributed by atoms with Crippen LogP contribution >= 0.6 is 15.9 Å². The summed E-state index contributed by atoms with van der Waals surface area (Å²) in [5.74, 6) is -0.280. The van der Waals surface area contributed by atoms with Crippen LogP contribution in [0.1, 0.15) is 25.3 Å². The summed E-state index contributed by atoms with van der Waals surface area (Å²) in [5.41, 5.74) is -1.96. The molecular formula is C14H12BrF3N2O. The van der Waals surface area contributed by atoms with E-state index >= 15 is 0 Å². The first-order valence-corrected chi connectivity index (χ1v) is 7.06. The van der Waals surface area contributed by atoms with Crippen molar-refractivity contribution >= 4 is 27.5 Å². The van der Waals surface area contributed by atoms with Gasteiger partial charge in [-0.1, -0.05) is 22.9 Å². The SMILES string of the molecule is CC1CC(C#N)(C(=O)Nc2cc(Br)cc(C(F)(F)F)c2)C1. The Morgan fingerprint density at radius 1 is 1.43 bits per heavy atom. The Labute approximate surface area is 128 Å². The molecule has 0 saturated heterocycles. The van der Waals surface area contributed by atoms with Crippen molar-refractivity contribution < 1.29 is 18.0 Å². The van der Waals surface area contributed by atoms with Gasteiger partial charge in [0.1, 0.15) is 5.41 Å². The van der Waals surface area contributed by atoms with Crippen LogP contribution in [-0.2, 0) is 11.0 Å². The molecule has 0 aliphatic heterocycles. The van der Waals surface area contributed by atoms with E-state index in [1.807, 2.05) is 13.0 Å². The summed E-state index contributed by atoms with van der Waals surface area (Å²) in [6.07, 6.45) is -3.65. The number of carbonyl (C=O) groups excluding carboxylic acids is 1. The molecule has 0 radical (unpaired) electrons. The summed E-state index contributed by atoms with van der Waals surface area (Å²) >= 11 is 2.99. The lowest BCUT2D eigenvalue weighted by Crippen LogP contribution is -2.45. The zero-order valence-corrected chi connectivity index (χ0v) is 12.7. The Hall–Kier alpha value is -1.55. The maximum atomic E-state index is 12.7. The van der Waals surface area contributed by atoms with Crippen molar-refractivity contribution in [3.8, 4) is 6.07 Å². The number of nitrogens with one attached hydrogen (secondary N) is 1. The number of carbonyl (C=O) groups is 1. The predicted octanol–water partition coefficient (Wildman–Crippen LogP) is 4.35. The molecule has 0 bridgehead atoms. The molecule has 1 aromatic carbocycles. The normalized spacial score (nSPS) is 24.9. The van der Waals surface area contributed by atoms with E-state index in [4.69, 9.17) is 5.26 Å². The molecule has 1 N–H and O–H groups in total. The van der Waals surface area contributed by atoms with E-state index in [0.717, 1.165) is 12.1 Å². The van der Waals surface area contributed by atoms with Crippen LogP contribution < -0.4 is 5.32 Å². The molecule has 1 amide bonds. The van der Waals surface area contributed by atoms with E-state index in [2.05, 4.69) is 21.2 Å². The second-order valence-electron chi connectivity index (χ2n) is 5.39. The lowest BCUT2D eigenvalue weighted by molar-refractivity contribution is -0.137. The average molecular weight is 361 g/mol. The van der Waals surface area contributed by atoms with Crippen molar-refractivity contribution in [1.82, 2.24) is 0 Å². The van der Waals surface area contributed by atoms with Crippen LogP contribution in [0.15, 0.2) is 22.7 Å². The third kappa shape index (κ3) is 3.21. The molecule has 7 heteroatoms. The summed E-state index contributed by atoms with van der Waals surface area (Å²) in [4.78, 5) is 12.1. The van der Waals surface area contributed by atoms with E-state index in [1.165, 1.54) is 6.07 Å². The van der Waals surface area contributed by atoms with E-state index in [0.29, 0.717) is 12.8 Å². The molecule has 1 saturated carbocycles. The highest BCUT2D eigenvalue weighted by atomic mass is 79.9. The van der Waals surface area contributed by atoms with Crippen molar-refractivity contribution in [2.45, 2.75) is 25.9 Å². The topological polar surface area (TPSA) is 52.9 Å². The lowest BCUT2D eigenvalue weighted by atomic mass is 9.63. The third-order valence-electron chi connectivity index (χ3n) is 3.53. The average Bonchev–Trinajstić information content (AvgIpc) is 2.32. The van der Waals surface area contributed by atoms with Gasteiger partial charge in [0.15, 0.2) is 0 Å². The fourth-order valence-corrected chi connectivity index (χ4v) is 3.03. The third-order valence-corrected chi connectivity index (χ3v) is 3.98. The largest absolute Gasteiger partial charge is 0.416 e. The van der Waals surface area contributed by atoms with Crippen molar-refractivity contribution in [2.24, 2.45) is 11.3 Å². The number of alkyl halides is 3. The van der Waals surface area contributed by atoms with Gasteiger partial charge in [0.25, 0.3) is 0 Å². The molecule has 1 fully saturated rings. The standard InChI is InChI=1S/C14H12BrF3N2O/c1-8-5-13(6-8,7-19)12(21)20-11-3-9(14(16,17)18)2-10(15)4-11/h2-4,8H,5-6H2,1H3,(H,20,21). The second-order valence-corrected chi connectivity index (χ2v) is 6.30. The van der Waals surface area contributed by atoms with Crippen LogP contribution in [0.3, 0.4) is 0 Å². The number of nitriles is 1. The highest BCUT2D eigenvalue weighted by Gasteiger charge is 2.49. The highest BCUT2D eigenvalue weighted by Crippen LogP contribution is 2.45. The van der Waals surface area contributed by atoms with Crippen LogP contribution in [0.4, 0.5) is 18.9 Å². The van der Waals surface area contributed by atoms with Gasteiger partial charge in [0, 0.05) is 10.2 Å². The van der Waals surface area contributed by atoms with Gasteiger partial charge in [0.05, 0.1) is 11.6 Å². The highest BCUT2D eigenvalue weighted by molar-refractivity contribution is 9.10. The number of anilines is 1. The lowest BCUT2D eigenvalue weighted by Gasteiger charge is -2.39. The van der Waals surface area contributed by atoms with E-state index in [1.54, 1.807) is 0 Å². The van der Waals surface area contributed by atoms with Crippen LogP contribution in [0, 0.1) is 22.7 Å². The van der Waals surface area contributed by atoms with E-state index < -0.39 is 23.1 Å². The van der Waals surface area contributed by atoms with Gasteiger partial charge in [-0.3, -0.25) is 4.79 Å². The summed E-state index contributed by atoms with van der Waals surface area (Å²) in [7, 11) is 0. The molecule has 3 nitrogen and oxygen atoms in total. The molecule has 1 aliphatic carbocycles. The minimum Gasteiger partial charge on any atom is -0.325 e. The predicted molar refractivity (Wildman–Crippen MR) is 74.2 cm³/mol. The first kappa shape index (κ1) is 15.8. The minimum atomic E-state index is -4.50. The number of hydrogen-bond donors (Lipinski definition) is 1. The fourth-order valence-electron chi connectivity index (χ4n) is 2.53. The number of hydrogen-bond acceptors (Lipinski definition) is 2. The van der Waals surface area contributed by atoms with Crippen LogP contribution in [-0.4, -0.2) is 5.91 Å². The Morgan fingerprint density at radius 2 is 2.05 bits per heavy atom. The summed E-state index contributed by atoms with van der Waals surface area (Å²) in [5, 5.41) is 11.6. The molecule has 0 aromatic heterocycles. The molecule has 2 rings (SSSR count). The molecule has 0 spiro atoms. The zero-order chi connectivity index (χ0) is 15.8. The number of amides is 1. The van der Waals surface area contributed by atoms with Gasteiger partial charge in [-0.15, -0.1) is 0 Å². The van der Waals surface area contributed by atoms with Gasteiger partial charge in [0.2, 0.25) is 5.91 Å². The van der Waals surface area contributed by atoms with Crippen LogP contribution in [0.25, 0.3) is 0 Å². The molecule has 1 aromatic rings. The first-order chi connectivity index (χ1) is 9.66. The zero-order valence-electron chi connectivity index (χ0n) is 11.1. The van der Waals surface area contributed by atoms with Crippen molar-refractivity contribution in [3.63, 3.8) is 0 Å². The molecule has 21 heavy (non-hydrogen) atoms. The van der Waals surface area contributed by atoms with E-state index in [-0.39, 0.29) is 16.1 Å². The molecule has 0 unspecified atom stereocenters. The van der Waals surface area contributed by atoms with Crippen LogP contribution in [0.2, 0.25) is 0 Å². The summed E-state index contributed by atoms with van der Waals surface area (Å²) in [6.45, 7) is 1.92. The maximum Gasteiger partial charge on any atom is 0.416 e. The van der Waals surface area contributed by atoms with Crippen LogP contribution in [0.5, 0.6) is 0 Å². The van der Waals surface area contributed by atoms with Gasteiger partial charge in [-0.2, -0.15) is 18.4 Å². The molecular weight excluding hydrogens is 349 g/mol. The first-order valence-electron chi connectivity index (χ1n) is 6.27. The Morgan fingerprint density at radius 3 is 2.52 bits per heavy atom. The molecule has 0 atom stereocenters. The molecule has 0 heterocycles. The smallest absolute Gasteiger partial charge is 0.325 e. The quantitative estimate of drug-likeness (QED) is 0.852. The van der Waals surface area contributed by atoms with Gasteiger partial charge in [-0.25, -0.2) is 0 Å². The van der Waals surface area contributed by atoms with Gasteiger partial charge in [-0.05, 0) is 37.0 Å². The van der Waals surface area contributed by atoms with E-state index in [9.17, 15) is 18.0 Å². The van der Waals surface area contributed by atoms with Crippen molar-refractivity contribution in [2.75, 3.05) is 5.32 Å². The minimum absolute atomic E-state index is 0.0240. The van der Waals surface area contributed by atoms with Gasteiger partial charge < -0.3 is 5.32 Å². The summed E-state index contributed by atoms with van der Waals surface area (Å²) in [6, 6.07) is 5.14. The van der Waals surface area contributed by atoms with Crippen molar-refractivity contribution in [1.29, 1.82) is 5.26 Å². The fraction of sp³-hybridized carbons (Fsp3) is 0.429. The Bertz CT molecular complexity index is 616.